The van der Waals surface area contributed by atoms with Crippen molar-refractivity contribution in [1.82, 2.24) is 10.2 Å². The van der Waals surface area contributed by atoms with Gasteiger partial charge >= 0.3 is 6.03 Å². The molecule has 0 aliphatic carbocycles. The molecular weight excluding hydrogens is 533 g/mol. The first-order valence-electron chi connectivity index (χ1n) is 10.8. The summed E-state index contributed by atoms with van der Waals surface area (Å²) < 4.78 is 25.0. The Kier molecular flexibility index (Phi) is 7.65. The number of nitrogens with zero attached hydrogens (tertiary/aromatic N) is 1. The number of methoxy groups -OCH3 is 1. The number of carbonyl (C=O) groups excluding carboxylic acids is 3. The van der Waals surface area contributed by atoms with E-state index in [0.717, 1.165) is 14.9 Å². The molecule has 0 saturated carbocycles. The fourth-order valence-corrected chi connectivity index (χ4v) is 3.74. The topological polar surface area (TPSA) is 97.0 Å². The number of urea groups is 1. The lowest BCUT2D eigenvalue weighted by molar-refractivity contribution is -0.123. The Labute approximate surface area is 214 Å². The molecule has 10 heteroatoms. The van der Waals surface area contributed by atoms with Crippen LogP contribution in [0.5, 0.6) is 11.5 Å². The van der Waals surface area contributed by atoms with Gasteiger partial charge in [-0.25, -0.2) is 9.18 Å². The van der Waals surface area contributed by atoms with Gasteiger partial charge in [0.1, 0.15) is 11.5 Å². The second-order valence-corrected chi connectivity index (χ2v) is 8.64. The summed E-state index contributed by atoms with van der Waals surface area (Å²) in [5.41, 5.74) is 1.70. The second kappa shape index (κ2) is 11.0. The molecule has 8 nitrogen and oxygen atoms in total. The molecule has 1 aliphatic heterocycles. The molecule has 0 unspecified atom stereocenters. The lowest BCUT2D eigenvalue weighted by atomic mass is 10.1. The second-order valence-electron chi connectivity index (χ2n) is 7.73. The van der Waals surface area contributed by atoms with Gasteiger partial charge in [-0.1, -0.05) is 40.2 Å². The molecule has 2 N–H and O–H groups in total. The van der Waals surface area contributed by atoms with Crippen molar-refractivity contribution in [1.29, 1.82) is 0 Å². The van der Waals surface area contributed by atoms with Crippen molar-refractivity contribution in [2.75, 3.05) is 19.0 Å². The molecule has 1 heterocycles. The maximum absolute atomic E-state index is 13.1. The van der Waals surface area contributed by atoms with Gasteiger partial charge in [0.2, 0.25) is 0 Å². The lowest BCUT2D eigenvalue weighted by Gasteiger charge is -2.14. The summed E-state index contributed by atoms with van der Waals surface area (Å²) in [6.45, 7) is -0.260. The van der Waals surface area contributed by atoms with Gasteiger partial charge in [0.05, 0.1) is 13.7 Å². The van der Waals surface area contributed by atoms with E-state index in [1.165, 1.54) is 37.5 Å². The van der Waals surface area contributed by atoms with Crippen LogP contribution < -0.4 is 20.1 Å². The summed E-state index contributed by atoms with van der Waals surface area (Å²) in [5.74, 6) is -0.833. The summed E-state index contributed by atoms with van der Waals surface area (Å²) in [6, 6.07) is 17.1. The van der Waals surface area contributed by atoms with Crippen LogP contribution in [0.3, 0.4) is 0 Å². The number of nitrogens with one attached hydrogen (secondary N) is 2. The van der Waals surface area contributed by atoms with Crippen LogP contribution in [0.15, 0.2) is 76.9 Å². The van der Waals surface area contributed by atoms with Crippen molar-refractivity contribution in [3.05, 3.63) is 93.8 Å². The number of amides is 4. The van der Waals surface area contributed by atoms with Crippen molar-refractivity contribution >= 4 is 45.5 Å². The number of hydrogen-bond acceptors (Lipinski definition) is 5. The molecule has 1 saturated heterocycles. The Balaban J connectivity index is 1.50. The molecule has 4 rings (SSSR count). The Hall–Kier alpha value is -4.18. The zero-order chi connectivity index (χ0) is 25.7. The number of ether oxygens (including phenoxy) is 2. The summed E-state index contributed by atoms with van der Waals surface area (Å²) in [4.78, 5) is 38.9. The van der Waals surface area contributed by atoms with E-state index in [2.05, 4.69) is 26.6 Å². The van der Waals surface area contributed by atoms with Crippen LogP contribution in [0.25, 0.3) is 6.08 Å². The molecule has 0 aromatic heterocycles. The number of anilines is 1. The minimum Gasteiger partial charge on any atom is -0.493 e. The maximum atomic E-state index is 13.1. The number of imide groups is 1. The monoisotopic (exact) mass is 553 g/mol. The SMILES string of the molecule is COc1cccc(C=C2NC(=O)N(Cc3ccc(Br)cc3)C2=O)c1OCC(=O)Nc1ccc(F)cc1. The highest BCUT2D eigenvalue weighted by molar-refractivity contribution is 9.10. The van der Waals surface area contributed by atoms with Crippen LogP contribution in [0.2, 0.25) is 0 Å². The number of hydrogen-bond donors (Lipinski definition) is 2. The average molecular weight is 554 g/mol. The largest absolute Gasteiger partial charge is 0.493 e. The van der Waals surface area contributed by atoms with Crippen LogP contribution in [-0.2, 0) is 16.1 Å². The fraction of sp³-hybridized carbons (Fsp3) is 0.115. The van der Waals surface area contributed by atoms with Gasteiger partial charge in [-0.05, 0) is 54.1 Å². The zero-order valence-corrected chi connectivity index (χ0v) is 20.7. The first-order valence-corrected chi connectivity index (χ1v) is 11.6. The van der Waals surface area contributed by atoms with Crippen molar-refractivity contribution < 1.29 is 28.2 Å². The number of para-hydroxylation sites is 1. The predicted octanol–water partition coefficient (Wildman–Crippen LogP) is 4.71. The van der Waals surface area contributed by atoms with Crippen LogP contribution >= 0.6 is 15.9 Å². The van der Waals surface area contributed by atoms with Gasteiger partial charge in [0.25, 0.3) is 11.8 Å². The smallest absolute Gasteiger partial charge is 0.329 e. The molecule has 1 aliphatic rings. The first-order chi connectivity index (χ1) is 17.3. The minimum absolute atomic E-state index is 0.0611. The highest BCUT2D eigenvalue weighted by Gasteiger charge is 2.33. The molecule has 1 fully saturated rings. The van der Waals surface area contributed by atoms with Gasteiger partial charge in [-0.2, -0.15) is 0 Å². The van der Waals surface area contributed by atoms with E-state index in [4.69, 9.17) is 9.47 Å². The summed E-state index contributed by atoms with van der Waals surface area (Å²) in [6.07, 6.45) is 1.47. The van der Waals surface area contributed by atoms with Crippen LogP contribution in [0.1, 0.15) is 11.1 Å². The number of benzene rings is 3. The van der Waals surface area contributed by atoms with E-state index in [1.807, 2.05) is 24.3 Å². The van der Waals surface area contributed by atoms with E-state index in [0.29, 0.717) is 17.0 Å². The normalized spacial score (nSPS) is 14.1. The van der Waals surface area contributed by atoms with E-state index in [1.54, 1.807) is 18.2 Å². The van der Waals surface area contributed by atoms with Gasteiger partial charge in [0.15, 0.2) is 18.1 Å². The van der Waals surface area contributed by atoms with Crippen molar-refractivity contribution in [3.63, 3.8) is 0 Å². The van der Waals surface area contributed by atoms with E-state index >= 15 is 0 Å². The molecule has 0 radical (unpaired) electrons. The standard InChI is InChI=1S/C26H21BrFN3O5/c1-35-22-4-2-3-17(24(22)36-15-23(32)29-20-11-9-19(28)10-12-20)13-21-25(33)31(26(34)30-21)14-16-5-7-18(27)8-6-16/h2-13H,14-15H2,1H3,(H,29,32)(H,30,34). The minimum atomic E-state index is -0.543. The molecule has 0 atom stereocenters. The molecule has 0 spiro atoms. The molecule has 3 aromatic rings. The Morgan fingerprint density at radius 2 is 1.81 bits per heavy atom. The highest BCUT2D eigenvalue weighted by Crippen LogP contribution is 2.33. The molecule has 184 valence electrons. The van der Waals surface area contributed by atoms with Crippen molar-refractivity contribution in [3.8, 4) is 11.5 Å². The first kappa shape index (κ1) is 24.9. The molecule has 3 aromatic carbocycles. The maximum Gasteiger partial charge on any atom is 0.329 e. The lowest BCUT2D eigenvalue weighted by Crippen LogP contribution is -2.30. The Morgan fingerprint density at radius 1 is 1.08 bits per heavy atom. The Morgan fingerprint density at radius 3 is 2.50 bits per heavy atom. The quantitative estimate of drug-likeness (QED) is 0.311. The van der Waals surface area contributed by atoms with Crippen molar-refractivity contribution in [2.45, 2.75) is 6.54 Å². The highest BCUT2D eigenvalue weighted by atomic mass is 79.9. The summed E-state index contributed by atoms with van der Waals surface area (Å²) in [5, 5.41) is 5.19. The number of carbonyl (C=O) groups is 3. The van der Waals surface area contributed by atoms with Gasteiger partial charge in [-0.15, -0.1) is 0 Å². The van der Waals surface area contributed by atoms with Crippen molar-refractivity contribution in [2.24, 2.45) is 0 Å². The molecule has 36 heavy (non-hydrogen) atoms. The summed E-state index contributed by atoms with van der Waals surface area (Å²) in [7, 11) is 1.44. The molecule has 4 amide bonds. The molecular formula is C26H21BrFN3O5. The van der Waals surface area contributed by atoms with E-state index in [9.17, 15) is 18.8 Å². The van der Waals surface area contributed by atoms with Gasteiger partial charge in [0, 0.05) is 15.7 Å². The van der Waals surface area contributed by atoms with Gasteiger partial charge in [-0.3, -0.25) is 14.5 Å². The Bertz CT molecular complexity index is 1330. The third-order valence-corrected chi connectivity index (χ3v) is 5.75. The number of halogens is 2. The van der Waals surface area contributed by atoms with Gasteiger partial charge < -0.3 is 20.1 Å². The van der Waals surface area contributed by atoms with E-state index < -0.39 is 23.7 Å². The van der Waals surface area contributed by atoms with E-state index in [-0.39, 0.29) is 24.6 Å². The predicted molar refractivity (Wildman–Crippen MR) is 135 cm³/mol. The van der Waals surface area contributed by atoms with Crippen LogP contribution in [0.4, 0.5) is 14.9 Å². The van der Waals surface area contributed by atoms with Crippen LogP contribution in [0, 0.1) is 5.82 Å². The third kappa shape index (κ3) is 5.89. The zero-order valence-electron chi connectivity index (χ0n) is 19.1. The average Bonchev–Trinajstić information content (AvgIpc) is 3.13. The summed E-state index contributed by atoms with van der Waals surface area (Å²) >= 11 is 3.36. The third-order valence-electron chi connectivity index (χ3n) is 5.22. The van der Waals surface area contributed by atoms with Crippen LogP contribution in [-0.4, -0.2) is 36.5 Å². The molecule has 0 bridgehead atoms. The number of rotatable bonds is 8. The fourth-order valence-electron chi connectivity index (χ4n) is 3.47.